The standard InChI is InChI=1S/C34H36N2O4/c1-5-31(38)34(12-13-34)20-39-26-10-11-27-23(15-26)16-30-28(27)19-29(35-30)22-8-6-21(7-9-22)14-25(37)17-24-18-32(40-36-24)33(2,3)4/h6-11,15,18-19,28H,5,12-14,16-17,20H2,1-4H3. The number of hydrogen-bond donors (Lipinski definition) is 0. The molecule has 0 amide bonds. The highest BCUT2D eigenvalue weighted by Gasteiger charge is 2.49. The number of aliphatic imine (C=N–C) groups is 1. The molecule has 0 bridgehead atoms. The van der Waals surface area contributed by atoms with Gasteiger partial charge in [-0.05, 0) is 53.3 Å². The van der Waals surface area contributed by atoms with Crippen LogP contribution in [-0.4, -0.2) is 29.0 Å². The number of aromatic nitrogens is 1. The molecule has 0 saturated heterocycles. The van der Waals surface area contributed by atoms with Gasteiger partial charge in [0.15, 0.2) is 0 Å². The van der Waals surface area contributed by atoms with Gasteiger partial charge in [0.05, 0.1) is 23.2 Å². The van der Waals surface area contributed by atoms with Gasteiger partial charge in [0.1, 0.15) is 29.7 Å². The molecule has 3 aromatic rings. The van der Waals surface area contributed by atoms with Crippen LogP contribution in [0.15, 0.2) is 64.1 Å². The number of Topliss-reactive ketones (excluding diaryl/α,β-unsaturated/α-hetero) is 2. The summed E-state index contributed by atoms with van der Waals surface area (Å²) in [6, 6.07) is 16.3. The van der Waals surface area contributed by atoms with Gasteiger partial charge in [0.2, 0.25) is 0 Å². The Kier molecular flexibility index (Phi) is 6.60. The molecule has 1 aliphatic heterocycles. The van der Waals surface area contributed by atoms with Crippen LogP contribution in [0.2, 0.25) is 0 Å². The molecule has 3 aliphatic rings. The third-order valence-electron chi connectivity index (χ3n) is 8.38. The zero-order chi connectivity index (χ0) is 28.1. The highest BCUT2D eigenvalue weighted by molar-refractivity contribution is 6.06. The minimum atomic E-state index is -0.248. The fourth-order valence-electron chi connectivity index (χ4n) is 5.70. The second kappa shape index (κ2) is 9.99. The van der Waals surface area contributed by atoms with Crippen LogP contribution >= 0.6 is 0 Å². The molecule has 2 aliphatic carbocycles. The van der Waals surface area contributed by atoms with E-state index in [-0.39, 0.29) is 29.0 Å². The van der Waals surface area contributed by atoms with Crippen LogP contribution in [0.25, 0.3) is 5.70 Å². The molecule has 0 N–H and O–H groups in total. The Bertz CT molecular complexity index is 1530. The molecule has 6 nitrogen and oxygen atoms in total. The second-order valence-electron chi connectivity index (χ2n) is 12.5. The number of hydrogen-bond acceptors (Lipinski definition) is 6. The molecule has 1 fully saturated rings. The van der Waals surface area contributed by atoms with Gasteiger partial charge in [-0.1, -0.05) is 63.2 Å². The summed E-state index contributed by atoms with van der Waals surface area (Å²) in [6.07, 6.45) is 6.13. The lowest BCUT2D eigenvalue weighted by molar-refractivity contribution is -0.125. The Hall–Kier alpha value is -3.80. The lowest BCUT2D eigenvalue weighted by Gasteiger charge is -2.15. The summed E-state index contributed by atoms with van der Waals surface area (Å²) >= 11 is 0. The summed E-state index contributed by atoms with van der Waals surface area (Å²) in [6.45, 7) is 8.59. The molecule has 0 spiro atoms. The molecule has 40 heavy (non-hydrogen) atoms. The minimum Gasteiger partial charge on any atom is -0.493 e. The normalized spacial score (nSPS) is 18.6. The van der Waals surface area contributed by atoms with Gasteiger partial charge in [-0.3, -0.25) is 14.6 Å². The Morgan fingerprint density at radius 3 is 2.50 bits per heavy atom. The van der Waals surface area contributed by atoms with Crippen LogP contribution in [0.1, 0.15) is 86.6 Å². The average molecular weight is 537 g/mol. The van der Waals surface area contributed by atoms with Crippen LogP contribution in [0.5, 0.6) is 5.75 Å². The van der Waals surface area contributed by atoms with Crippen molar-refractivity contribution in [3.05, 3.63) is 88.3 Å². The lowest BCUT2D eigenvalue weighted by Crippen LogP contribution is -2.22. The molecule has 6 rings (SSSR count). The van der Waals surface area contributed by atoms with Gasteiger partial charge in [-0.15, -0.1) is 0 Å². The SMILES string of the molecule is CCC(=O)C1(COc2ccc3c(c2)CC2=NC(c4ccc(CC(=O)Cc5cc(C(C)(C)C)on5)cc4)=CC23)CC1. The Balaban J connectivity index is 1.07. The molecule has 1 unspecified atom stereocenters. The fraction of sp³-hybridized carbons (Fsp3) is 0.412. The summed E-state index contributed by atoms with van der Waals surface area (Å²) in [5.74, 6) is 2.25. The van der Waals surface area contributed by atoms with Crippen molar-refractivity contribution in [2.24, 2.45) is 10.4 Å². The van der Waals surface area contributed by atoms with E-state index in [1.165, 1.54) is 11.1 Å². The first-order valence-corrected chi connectivity index (χ1v) is 14.3. The van der Waals surface area contributed by atoms with E-state index < -0.39 is 0 Å². The molecule has 2 heterocycles. The monoisotopic (exact) mass is 536 g/mol. The lowest BCUT2D eigenvalue weighted by atomic mass is 9.93. The average Bonchev–Trinajstić information content (AvgIpc) is 3.21. The Labute approximate surface area is 235 Å². The van der Waals surface area contributed by atoms with Crippen molar-refractivity contribution in [1.82, 2.24) is 5.16 Å². The van der Waals surface area contributed by atoms with Crippen molar-refractivity contribution in [2.75, 3.05) is 6.61 Å². The van der Waals surface area contributed by atoms with Crippen LogP contribution in [0.3, 0.4) is 0 Å². The first kappa shape index (κ1) is 26.4. The summed E-state index contributed by atoms with van der Waals surface area (Å²) < 4.78 is 11.5. The largest absolute Gasteiger partial charge is 0.493 e. The summed E-state index contributed by atoms with van der Waals surface area (Å²) in [4.78, 5) is 29.8. The van der Waals surface area contributed by atoms with Gasteiger partial charge >= 0.3 is 0 Å². The number of rotatable bonds is 10. The van der Waals surface area contributed by atoms with E-state index in [2.05, 4.69) is 56.3 Å². The number of nitrogens with zero attached hydrogens (tertiary/aromatic N) is 2. The smallest absolute Gasteiger partial charge is 0.143 e. The fourth-order valence-corrected chi connectivity index (χ4v) is 5.70. The Morgan fingerprint density at radius 1 is 1.05 bits per heavy atom. The zero-order valence-electron chi connectivity index (χ0n) is 23.8. The predicted molar refractivity (Wildman–Crippen MR) is 155 cm³/mol. The van der Waals surface area contributed by atoms with Crippen LogP contribution in [0, 0.1) is 5.41 Å². The molecule has 2 aromatic carbocycles. The predicted octanol–water partition coefficient (Wildman–Crippen LogP) is 6.60. The molecular formula is C34H36N2O4. The number of ketones is 2. The number of carbonyl (C=O) groups excluding carboxylic acids is 2. The minimum absolute atomic E-state index is 0.112. The van der Waals surface area contributed by atoms with Gasteiger partial charge in [0.25, 0.3) is 0 Å². The van der Waals surface area contributed by atoms with Crippen LogP contribution in [-0.2, 0) is 34.3 Å². The van der Waals surface area contributed by atoms with Crippen molar-refractivity contribution in [2.45, 2.75) is 77.6 Å². The summed E-state index contributed by atoms with van der Waals surface area (Å²) in [7, 11) is 0. The van der Waals surface area contributed by atoms with E-state index in [1.54, 1.807) is 0 Å². The quantitative estimate of drug-likeness (QED) is 0.292. The third kappa shape index (κ3) is 5.19. The number of carbonyl (C=O) groups is 2. The highest BCUT2D eigenvalue weighted by Crippen LogP contribution is 2.48. The first-order chi connectivity index (χ1) is 19.1. The zero-order valence-corrected chi connectivity index (χ0v) is 23.8. The molecule has 1 atom stereocenters. The van der Waals surface area contributed by atoms with Crippen molar-refractivity contribution < 1.29 is 18.8 Å². The highest BCUT2D eigenvalue weighted by atomic mass is 16.5. The summed E-state index contributed by atoms with van der Waals surface area (Å²) in [5.41, 5.74) is 7.00. The van der Waals surface area contributed by atoms with E-state index in [0.717, 1.165) is 53.3 Å². The van der Waals surface area contributed by atoms with E-state index in [0.29, 0.717) is 30.9 Å². The van der Waals surface area contributed by atoms with E-state index >= 15 is 0 Å². The van der Waals surface area contributed by atoms with Crippen molar-refractivity contribution in [3.63, 3.8) is 0 Å². The number of allylic oxidation sites excluding steroid dienone is 1. The van der Waals surface area contributed by atoms with Gasteiger partial charge in [-0.2, -0.15) is 0 Å². The molecule has 206 valence electrons. The van der Waals surface area contributed by atoms with Gasteiger partial charge < -0.3 is 9.26 Å². The number of benzene rings is 2. The maximum Gasteiger partial charge on any atom is 0.143 e. The Morgan fingerprint density at radius 2 is 1.82 bits per heavy atom. The van der Waals surface area contributed by atoms with Gasteiger partial charge in [-0.25, -0.2) is 0 Å². The van der Waals surface area contributed by atoms with Crippen LogP contribution in [0.4, 0.5) is 0 Å². The maximum atomic E-state index is 12.7. The molecule has 0 radical (unpaired) electrons. The summed E-state index contributed by atoms with van der Waals surface area (Å²) in [5, 5.41) is 4.07. The van der Waals surface area contributed by atoms with Crippen LogP contribution < -0.4 is 4.74 Å². The van der Waals surface area contributed by atoms with E-state index in [4.69, 9.17) is 14.3 Å². The second-order valence-corrected chi connectivity index (χ2v) is 12.5. The van der Waals surface area contributed by atoms with E-state index in [9.17, 15) is 9.59 Å². The third-order valence-corrected chi connectivity index (χ3v) is 8.38. The van der Waals surface area contributed by atoms with Crippen molar-refractivity contribution in [3.8, 4) is 5.75 Å². The van der Waals surface area contributed by atoms with Crippen molar-refractivity contribution in [1.29, 1.82) is 0 Å². The molecule has 6 heteroatoms. The molecular weight excluding hydrogens is 500 g/mol. The van der Waals surface area contributed by atoms with Gasteiger partial charge in [0, 0.05) is 42.4 Å². The molecule has 1 aromatic heterocycles. The van der Waals surface area contributed by atoms with Crippen molar-refractivity contribution >= 4 is 23.0 Å². The maximum absolute atomic E-state index is 12.7. The molecule has 1 saturated carbocycles. The topological polar surface area (TPSA) is 81.8 Å². The van der Waals surface area contributed by atoms with E-state index in [1.807, 2.05) is 31.2 Å². The number of fused-ring (bicyclic) bond motifs is 3. The number of ether oxygens (including phenoxy) is 1. The first-order valence-electron chi connectivity index (χ1n) is 14.3.